The second-order valence-electron chi connectivity index (χ2n) is 4.48. The molecule has 0 saturated heterocycles. The molecule has 0 aliphatic rings. The third-order valence-electron chi connectivity index (χ3n) is 3.16. The molecule has 0 bridgehead atoms. The predicted molar refractivity (Wildman–Crippen MR) is 81.8 cm³/mol. The summed E-state index contributed by atoms with van der Waals surface area (Å²) in [5.74, 6) is 0.434. The summed E-state index contributed by atoms with van der Waals surface area (Å²) in [5.41, 5.74) is 1.66. The average molecular weight is 353 g/mol. The smallest absolute Gasteiger partial charge is 0.193 e. The Balaban J connectivity index is 2.50. The van der Waals surface area contributed by atoms with Gasteiger partial charge in [0.05, 0.1) is 18.7 Å². The molecule has 0 heterocycles. The Bertz CT molecular complexity index is 698. The zero-order chi connectivity index (χ0) is 15.6. The number of hydrogen-bond acceptors (Lipinski definition) is 3. The van der Waals surface area contributed by atoms with Crippen LogP contribution in [0.4, 0.5) is 4.39 Å². The van der Waals surface area contributed by atoms with E-state index in [-0.39, 0.29) is 10.3 Å². The van der Waals surface area contributed by atoms with Gasteiger partial charge < -0.3 is 9.47 Å². The summed E-state index contributed by atoms with van der Waals surface area (Å²) >= 11 is 3.08. The molecule has 2 aromatic carbocycles. The van der Waals surface area contributed by atoms with Crippen molar-refractivity contribution in [3.8, 4) is 11.5 Å². The fraction of sp³-hybridized carbons (Fsp3) is 0.188. The molecule has 21 heavy (non-hydrogen) atoms. The number of carbonyl (C=O) groups excluding carboxylic acids is 1. The van der Waals surface area contributed by atoms with Gasteiger partial charge in [0.2, 0.25) is 0 Å². The second-order valence-corrected chi connectivity index (χ2v) is 5.33. The third-order valence-corrected chi connectivity index (χ3v) is 3.76. The minimum atomic E-state index is -0.407. The van der Waals surface area contributed by atoms with Gasteiger partial charge in [-0.2, -0.15) is 0 Å². The summed E-state index contributed by atoms with van der Waals surface area (Å²) in [6.07, 6.45) is 0. The van der Waals surface area contributed by atoms with Gasteiger partial charge in [-0.25, -0.2) is 4.39 Å². The highest BCUT2D eigenvalue weighted by atomic mass is 79.9. The van der Waals surface area contributed by atoms with E-state index in [1.54, 1.807) is 12.1 Å². The number of hydrogen-bond donors (Lipinski definition) is 0. The van der Waals surface area contributed by atoms with E-state index in [1.165, 1.54) is 32.4 Å². The molecule has 5 heteroatoms. The first-order valence-electron chi connectivity index (χ1n) is 6.20. The van der Waals surface area contributed by atoms with Crippen LogP contribution >= 0.6 is 15.9 Å². The van der Waals surface area contributed by atoms with Crippen molar-refractivity contribution in [2.45, 2.75) is 6.92 Å². The van der Waals surface area contributed by atoms with Crippen LogP contribution < -0.4 is 9.47 Å². The minimum Gasteiger partial charge on any atom is -0.493 e. The van der Waals surface area contributed by atoms with E-state index in [1.807, 2.05) is 6.92 Å². The van der Waals surface area contributed by atoms with Crippen LogP contribution in [-0.4, -0.2) is 20.0 Å². The lowest BCUT2D eigenvalue weighted by Crippen LogP contribution is -2.05. The number of halogens is 2. The molecule has 2 rings (SSSR count). The van der Waals surface area contributed by atoms with E-state index in [0.29, 0.717) is 22.6 Å². The summed E-state index contributed by atoms with van der Waals surface area (Å²) in [4.78, 5) is 12.6. The molecular weight excluding hydrogens is 339 g/mol. The molecule has 0 aliphatic heterocycles. The summed E-state index contributed by atoms with van der Waals surface area (Å²) in [7, 11) is 3.05. The van der Waals surface area contributed by atoms with Gasteiger partial charge in [-0.1, -0.05) is 0 Å². The van der Waals surface area contributed by atoms with Crippen molar-refractivity contribution in [1.29, 1.82) is 0 Å². The molecule has 110 valence electrons. The summed E-state index contributed by atoms with van der Waals surface area (Å²) in [6, 6.07) is 7.55. The van der Waals surface area contributed by atoms with E-state index < -0.39 is 5.82 Å². The molecule has 3 nitrogen and oxygen atoms in total. The lowest BCUT2D eigenvalue weighted by Gasteiger charge is -2.12. The Hall–Kier alpha value is -1.88. The highest BCUT2D eigenvalue weighted by Crippen LogP contribution is 2.31. The number of methoxy groups -OCH3 is 2. The van der Waals surface area contributed by atoms with Crippen LogP contribution in [0.1, 0.15) is 21.5 Å². The zero-order valence-corrected chi connectivity index (χ0v) is 13.5. The predicted octanol–water partition coefficient (Wildman–Crippen LogP) is 4.14. The number of ketones is 1. The average Bonchev–Trinajstić information content (AvgIpc) is 2.49. The van der Waals surface area contributed by atoms with Gasteiger partial charge in [0.15, 0.2) is 17.3 Å². The number of rotatable bonds is 4. The van der Waals surface area contributed by atoms with Crippen LogP contribution in [0.5, 0.6) is 11.5 Å². The van der Waals surface area contributed by atoms with E-state index in [4.69, 9.17) is 9.47 Å². The maximum absolute atomic E-state index is 13.3. The molecule has 0 radical (unpaired) electrons. The van der Waals surface area contributed by atoms with Crippen LogP contribution in [0.2, 0.25) is 0 Å². The Labute approximate surface area is 130 Å². The van der Waals surface area contributed by atoms with Crippen molar-refractivity contribution >= 4 is 21.7 Å². The molecule has 0 spiro atoms. The van der Waals surface area contributed by atoms with E-state index in [9.17, 15) is 9.18 Å². The first kappa shape index (κ1) is 15.5. The van der Waals surface area contributed by atoms with Crippen LogP contribution in [0.3, 0.4) is 0 Å². The second kappa shape index (κ2) is 6.26. The van der Waals surface area contributed by atoms with Gasteiger partial charge in [-0.3, -0.25) is 4.79 Å². The molecule has 0 amide bonds. The Morgan fingerprint density at radius 2 is 1.71 bits per heavy atom. The number of aryl methyl sites for hydroxylation is 1. The lowest BCUT2D eigenvalue weighted by molar-refractivity contribution is 0.103. The topological polar surface area (TPSA) is 35.5 Å². The molecule has 0 aromatic heterocycles. The van der Waals surface area contributed by atoms with Gasteiger partial charge in [0, 0.05) is 11.1 Å². The Kier molecular flexibility index (Phi) is 4.63. The monoisotopic (exact) mass is 352 g/mol. The minimum absolute atomic E-state index is 0.200. The highest BCUT2D eigenvalue weighted by Gasteiger charge is 2.17. The molecule has 0 N–H and O–H groups in total. The van der Waals surface area contributed by atoms with Gasteiger partial charge in [-0.05, 0) is 58.7 Å². The molecule has 0 atom stereocenters. The molecule has 0 saturated carbocycles. The maximum Gasteiger partial charge on any atom is 0.193 e. The SMILES string of the molecule is COc1cc(C)c(C(=O)c2ccc(F)c(Br)c2)cc1OC. The molecule has 0 unspecified atom stereocenters. The normalized spacial score (nSPS) is 10.3. The van der Waals surface area contributed by atoms with Crippen LogP contribution in [0, 0.1) is 12.7 Å². The summed E-state index contributed by atoms with van der Waals surface area (Å²) in [5, 5.41) is 0. The van der Waals surface area contributed by atoms with Gasteiger partial charge in [0.1, 0.15) is 5.82 Å². The van der Waals surface area contributed by atoms with Gasteiger partial charge in [0.25, 0.3) is 0 Å². The number of benzene rings is 2. The van der Waals surface area contributed by atoms with Crippen molar-refractivity contribution in [3.05, 3.63) is 57.3 Å². The van der Waals surface area contributed by atoms with Gasteiger partial charge in [-0.15, -0.1) is 0 Å². The maximum atomic E-state index is 13.3. The lowest BCUT2D eigenvalue weighted by atomic mass is 9.98. The van der Waals surface area contributed by atoms with Crippen molar-refractivity contribution in [1.82, 2.24) is 0 Å². The van der Waals surface area contributed by atoms with Crippen molar-refractivity contribution < 1.29 is 18.7 Å². The number of carbonyl (C=O) groups is 1. The first-order chi connectivity index (χ1) is 9.97. The molecule has 2 aromatic rings. The van der Waals surface area contributed by atoms with Crippen LogP contribution in [0.15, 0.2) is 34.8 Å². The zero-order valence-electron chi connectivity index (χ0n) is 11.9. The summed E-state index contributed by atoms with van der Waals surface area (Å²) in [6.45, 7) is 1.81. The fourth-order valence-electron chi connectivity index (χ4n) is 2.02. The quantitative estimate of drug-likeness (QED) is 0.775. The van der Waals surface area contributed by atoms with E-state index in [0.717, 1.165) is 5.56 Å². The summed E-state index contributed by atoms with van der Waals surface area (Å²) < 4.78 is 23.9. The van der Waals surface area contributed by atoms with Crippen LogP contribution in [0.25, 0.3) is 0 Å². The van der Waals surface area contributed by atoms with E-state index in [2.05, 4.69) is 15.9 Å². The van der Waals surface area contributed by atoms with Crippen molar-refractivity contribution in [3.63, 3.8) is 0 Å². The Morgan fingerprint density at radius 3 is 2.29 bits per heavy atom. The first-order valence-corrected chi connectivity index (χ1v) is 6.99. The fourth-order valence-corrected chi connectivity index (χ4v) is 2.40. The molecule has 0 aliphatic carbocycles. The number of ether oxygens (including phenoxy) is 2. The molecule has 0 fully saturated rings. The van der Waals surface area contributed by atoms with Crippen LogP contribution in [-0.2, 0) is 0 Å². The van der Waals surface area contributed by atoms with Crippen molar-refractivity contribution in [2.75, 3.05) is 14.2 Å². The molecular formula is C16H14BrFO3. The van der Waals surface area contributed by atoms with Crippen molar-refractivity contribution in [2.24, 2.45) is 0 Å². The Morgan fingerprint density at radius 1 is 1.10 bits per heavy atom. The third kappa shape index (κ3) is 3.08. The highest BCUT2D eigenvalue weighted by molar-refractivity contribution is 9.10. The largest absolute Gasteiger partial charge is 0.493 e. The van der Waals surface area contributed by atoms with Gasteiger partial charge >= 0.3 is 0 Å². The standard InChI is InChI=1S/C16H14BrFO3/c1-9-6-14(20-2)15(21-3)8-11(9)16(19)10-4-5-13(18)12(17)7-10/h4-8H,1-3H3. The van der Waals surface area contributed by atoms with E-state index >= 15 is 0 Å².